The Labute approximate surface area is 286 Å². The first-order valence-electron chi connectivity index (χ1n) is 16.0. The molecule has 9 heteroatoms. The lowest BCUT2D eigenvalue weighted by atomic mass is 9.95. The maximum atomic E-state index is 13.7. The standard InChI is InChI=1S/C39H42N4O4S/c1-27-26-48-36(41-27)25-43(2)39(46)32-18-10-17-31(22-32)38(45)42-33(20-28-12-6-4-7-13-28)24-40-37(30-16-11-19-34(23-30)47-3)35(44)21-29-14-8-5-9-15-29/h4-19,22-23,26,33,35,37,40,44H,20-21,24-25H2,1-3H3,(H,42,45)/t33-,35+,37-/m0/s1. The predicted molar refractivity (Wildman–Crippen MR) is 190 cm³/mol. The van der Waals surface area contributed by atoms with Gasteiger partial charge in [-0.05, 0) is 60.4 Å². The van der Waals surface area contributed by atoms with Crippen molar-refractivity contribution >= 4 is 23.2 Å². The lowest BCUT2D eigenvalue weighted by Crippen LogP contribution is -2.46. The molecule has 0 fully saturated rings. The second-order valence-corrected chi connectivity index (χ2v) is 12.8. The lowest BCUT2D eigenvalue weighted by molar-refractivity contribution is 0.0785. The van der Waals surface area contributed by atoms with E-state index in [0.29, 0.717) is 42.8 Å². The Balaban J connectivity index is 1.33. The normalized spacial score (nSPS) is 12.9. The zero-order valence-electron chi connectivity index (χ0n) is 27.5. The summed E-state index contributed by atoms with van der Waals surface area (Å²) in [7, 11) is 3.36. The van der Waals surface area contributed by atoms with Crippen LogP contribution >= 0.6 is 11.3 Å². The summed E-state index contributed by atoms with van der Waals surface area (Å²) in [6, 6.07) is 33.6. The first-order valence-corrected chi connectivity index (χ1v) is 16.9. The largest absolute Gasteiger partial charge is 0.497 e. The number of aryl methyl sites for hydroxylation is 1. The summed E-state index contributed by atoms with van der Waals surface area (Å²) in [4.78, 5) is 33.1. The molecule has 0 radical (unpaired) electrons. The van der Waals surface area contributed by atoms with E-state index in [-0.39, 0.29) is 17.9 Å². The van der Waals surface area contributed by atoms with Gasteiger partial charge in [-0.3, -0.25) is 9.59 Å². The number of rotatable bonds is 15. The molecule has 5 aromatic rings. The zero-order valence-corrected chi connectivity index (χ0v) is 28.3. The third-order valence-corrected chi connectivity index (χ3v) is 9.08. The molecule has 8 nitrogen and oxygen atoms in total. The van der Waals surface area contributed by atoms with Crippen molar-refractivity contribution in [1.29, 1.82) is 0 Å². The van der Waals surface area contributed by atoms with Gasteiger partial charge in [0.2, 0.25) is 0 Å². The van der Waals surface area contributed by atoms with E-state index in [1.165, 1.54) is 11.3 Å². The minimum absolute atomic E-state index is 0.187. The van der Waals surface area contributed by atoms with Crippen LogP contribution in [-0.4, -0.2) is 59.7 Å². The quantitative estimate of drug-likeness (QED) is 0.127. The fraction of sp³-hybridized carbons (Fsp3) is 0.256. The molecule has 0 aliphatic carbocycles. The topological polar surface area (TPSA) is 104 Å². The van der Waals surface area contributed by atoms with Crippen LogP contribution in [0.2, 0.25) is 0 Å². The van der Waals surface area contributed by atoms with Gasteiger partial charge in [-0.15, -0.1) is 11.3 Å². The fourth-order valence-corrected chi connectivity index (χ4v) is 6.48. The number of carbonyl (C=O) groups excluding carboxylic acids is 2. The highest BCUT2D eigenvalue weighted by atomic mass is 32.1. The van der Waals surface area contributed by atoms with Crippen LogP contribution in [0, 0.1) is 6.92 Å². The van der Waals surface area contributed by atoms with Gasteiger partial charge in [0.25, 0.3) is 11.8 Å². The molecule has 3 atom stereocenters. The summed E-state index contributed by atoms with van der Waals surface area (Å²) in [5.41, 5.74) is 4.72. The number of nitrogens with zero attached hydrogens (tertiary/aromatic N) is 2. The molecule has 0 unspecified atom stereocenters. The van der Waals surface area contributed by atoms with Crippen molar-refractivity contribution in [2.45, 2.75) is 44.5 Å². The maximum Gasteiger partial charge on any atom is 0.253 e. The second kappa shape index (κ2) is 16.8. The van der Waals surface area contributed by atoms with Crippen LogP contribution in [0.4, 0.5) is 0 Å². The van der Waals surface area contributed by atoms with Crippen molar-refractivity contribution in [3.63, 3.8) is 0 Å². The van der Waals surface area contributed by atoms with Crippen LogP contribution in [0.15, 0.2) is 115 Å². The lowest BCUT2D eigenvalue weighted by Gasteiger charge is -2.28. The van der Waals surface area contributed by atoms with E-state index in [1.54, 1.807) is 43.3 Å². The molecule has 0 bridgehead atoms. The molecule has 0 spiro atoms. The van der Waals surface area contributed by atoms with Gasteiger partial charge in [0.15, 0.2) is 0 Å². The number of amides is 2. The molecule has 1 aromatic heterocycles. The first kappa shape index (κ1) is 34.5. The van der Waals surface area contributed by atoms with E-state index >= 15 is 0 Å². The number of hydrogen-bond donors (Lipinski definition) is 3. The van der Waals surface area contributed by atoms with E-state index in [4.69, 9.17) is 4.74 Å². The van der Waals surface area contributed by atoms with Crippen molar-refractivity contribution in [2.24, 2.45) is 0 Å². The van der Waals surface area contributed by atoms with E-state index in [2.05, 4.69) is 15.6 Å². The third-order valence-electron chi connectivity index (χ3n) is 8.13. The Bertz CT molecular complexity index is 1780. The highest BCUT2D eigenvalue weighted by molar-refractivity contribution is 7.09. The molecule has 1 heterocycles. The van der Waals surface area contributed by atoms with Crippen LogP contribution in [-0.2, 0) is 19.4 Å². The van der Waals surface area contributed by atoms with E-state index in [0.717, 1.165) is 27.4 Å². The molecular formula is C39H42N4O4S. The fourth-order valence-electron chi connectivity index (χ4n) is 5.66. The monoisotopic (exact) mass is 662 g/mol. The minimum Gasteiger partial charge on any atom is -0.497 e. The van der Waals surface area contributed by atoms with Gasteiger partial charge in [-0.2, -0.15) is 0 Å². The molecule has 4 aromatic carbocycles. The highest BCUT2D eigenvalue weighted by Crippen LogP contribution is 2.24. The summed E-state index contributed by atoms with van der Waals surface area (Å²) < 4.78 is 5.48. The Morgan fingerprint density at radius 2 is 1.54 bits per heavy atom. The number of methoxy groups -OCH3 is 1. The summed E-state index contributed by atoms with van der Waals surface area (Å²) >= 11 is 1.52. The number of nitrogens with one attached hydrogen (secondary N) is 2. The number of carbonyl (C=O) groups is 2. The molecule has 48 heavy (non-hydrogen) atoms. The number of aromatic nitrogens is 1. The first-order chi connectivity index (χ1) is 23.3. The van der Waals surface area contributed by atoms with Gasteiger partial charge < -0.3 is 25.4 Å². The highest BCUT2D eigenvalue weighted by Gasteiger charge is 2.25. The summed E-state index contributed by atoms with van der Waals surface area (Å²) in [6.07, 6.45) is 0.261. The van der Waals surface area contributed by atoms with Gasteiger partial charge in [0, 0.05) is 48.3 Å². The average Bonchev–Trinajstić information content (AvgIpc) is 3.52. The summed E-state index contributed by atoms with van der Waals surface area (Å²) in [5, 5.41) is 21.1. The van der Waals surface area contributed by atoms with Gasteiger partial charge in [0.05, 0.1) is 25.8 Å². The number of benzene rings is 4. The number of hydrogen-bond acceptors (Lipinski definition) is 7. The van der Waals surface area contributed by atoms with Crippen LogP contribution < -0.4 is 15.4 Å². The smallest absolute Gasteiger partial charge is 0.253 e. The van der Waals surface area contributed by atoms with Crippen LogP contribution in [0.3, 0.4) is 0 Å². The molecule has 5 rings (SSSR count). The van der Waals surface area contributed by atoms with Crippen molar-refractivity contribution in [3.8, 4) is 5.75 Å². The van der Waals surface area contributed by atoms with E-state index in [1.807, 2.05) is 97.2 Å². The average molecular weight is 663 g/mol. The Kier molecular flexibility index (Phi) is 12.1. The molecule has 0 aliphatic heterocycles. The van der Waals surface area contributed by atoms with E-state index < -0.39 is 12.1 Å². The predicted octanol–water partition coefficient (Wildman–Crippen LogP) is 6.01. The number of thiazole rings is 1. The summed E-state index contributed by atoms with van der Waals surface area (Å²) in [5.74, 6) is 0.226. The van der Waals surface area contributed by atoms with Crippen LogP contribution in [0.1, 0.15) is 54.1 Å². The number of aliphatic hydroxyl groups excluding tert-OH is 1. The van der Waals surface area contributed by atoms with Crippen LogP contribution in [0.5, 0.6) is 5.75 Å². The molecular weight excluding hydrogens is 621 g/mol. The number of aliphatic hydroxyl groups is 1. The molecule has 0 saturated carbocycles. The van der Waals surface area contributed by atoms with Gasteiger partial charge in [-0.25, -0.2) is 4.98 Å². The van der Waals surface area contributed by atoms with Gasteiger partial charge in [-0.1, -0.05) is 78.9 Å². The third kappa shape index (κ3) is 9.60. The van der Waals surface area contributed by atoms with Gasteiger partial charge in [0.1, 0.15) is 10.8 Å². The molecule has 248 valence electrons. The van der Waals surface area contributed by atoms with Crippen molar-refractivity contribution in [2.75, 3.05) is 20.7 Å². The second-order valence-electron chi connectivity index (χ2n) is 11.9. The molecule has 0 aliphatic rings. The number of ether oxygens (including phenoxy) is 1. The van der Waals surface area contributed by atoms with Crippen molar-refractivity contribution in [3.05, 3.63) is 153 Å². The zero-order chi connectivity index (χ0) is 33.9. The van der Waals surface area contributed by atoms with Gasteiger partial charge >= 0.3 is 0 Å². The Hall–Kier alpha value is -4.83. The SMILES string of the molecule is COc1cccc([C@H](NC[C@H](Cc2ccccc2)NC(=O)c2cccc(C(=O)N(C)Cc3nc(C)cs3)c2)[C@H](O)Cc2ccccc2)c1. The van der Waals surface area contributed by atoms with E-state index in [9.17, 15) is 14.7 Å². The van der Waals surface area contributed by atoms with Crippen molar-refractivity contribution < 1.29 is 19.4 Å². The molecule has 2 amide bonds. The van der Waals surface area contributed by atoms with Crippen molar-refractivity contribution in [1.82, 2.24) is 20.5 Å². The maximum absolute atomic E-state index is 13.7. The van der Waals surface area contributed by atoms with Crippen LogP contribution in [0.25, 0.3) is 0 Å². The Morgan fingerprint density at radius 3 is 2.21 bits per heavy atom. The Morgan fingerprint density at radius 1 is 0.875 bits per heavy atom. The molecule has 0 saturated heterocycles. The summed E-state index contributed by atoms with van der Waals surface area (Å²) in [6.45, 7) is 2.70. The minimum atomic E-state index is -0.749. The molecule has 3 N–H and O–H groups in total.